The maximum Gasteiger partial charge on any atom is 0.0842 e. The summed E-state index contributed by atoms with van der Waals surface area (Å²) in [5.41, 5.74) is 0. The van der Waals surface area contributed by atoms with Crippen LogP contribution in [0.15, 0.2) is 0 Å². The normalized spacial score (nSPS) is 7.38. The standard InChI is InChI=1S/C4H10.2C2H2O3S/c1-3-4-2;2*3-1(4)2(5)6/h3-4H2,1-2H3;2*(H,3,4)(H,5,6)/p-4. The molecule has 0 fully saturated rings. The van der Waals surface area contributed by atoms with Crippen molar-refractivity contribution in [2.45, 2.75) is 26.7 Å². The lowest BCUT2D eigenvalue weighted by Gasteiger charge is -1.99. The quantitative estimate of drug-likeness (QED) is 0.404. The SMILES string of the molecule is CCCC.O=C([O-])C(=O)[S-].O=C([O-])C(=O)[S-]. The highest BCUT2D eigenvalue weighted by molar-refractivity contribution is 7.80. The van der Waals surface area contributed by atoms with Crippen molar-refractivity contribution in [3.8, 4) is 0 Å². The summed E-state index contributed by atoms with van der Waals surface area (Å²) in [7, 11) is 0. The molecule has 0 spiro atoms. The van der Waals surface area contributed by atoms with E-state index in [0.29, 0.717) is 0 Å². The molecule has 94 valence electrons. The molecule has 0 saturated carbocycles. The molecule has 0 bridgehead atoms. The van der Waals surface area contributed by atoms with Gasteiger partial charge in [-0.25, -0.2) is 0 Å². The molecule has 0 radical (unpaired) electrons. The molecule has 0 aliphatic carbocycles. The van der Waals surface area contributed by atoms with Gasteiger partial charge in [-0.15, -0.1) is 0 Å². The van der Waals surface area contributed by atoms with E-state index >= 15 is 0 Å². The second-order valence-corrected chi connectivity index (χ2v) is 2.89. The van der Waals surface area contributed by atoms with Gasteiger partial charge in [0.05, 0.1) is 22.2 Å². The van der Waals surface area contributed by atoms with Crippen molar-refractivity contribution in [1.29, 1.82) is 0 Å². The van der Waals surface area contributed by atoms with Gasteiger partial charge in [-0.2, -0.15) is 0 Å². The van der Waals surface area contributed by atoms with Crippen molar-refractivity contribution in [3.63, 3.8) is 0 Å². The topological polar surface area (TPSA) is 114 Å². The summed E-state index contributed by atoms with van der Waals surface area (Å²) in [6, 6.07) is 0. The van der Waals surface area contributed by atoms with Gasteiger partial charge in [-0.1, -0.05) is 26.7 Å². The number of carboxylic acids is 2. The molecule has 6 nitrogen and oxygen atoms in total. The number of hydrogen-bond donors (Lipinski definition) is 0. The van der Waals surface area contributed by atoms with Crippen LogP contribution in [0.25, 0.3) is 0 Å². The molecule has 0 aromatic heterocycles. The Labute approximate surface area is 104 Å². The molecule has 0 unspecified atom stereocenters. The number of carbonyl (C=O) groups excluding carboxylic acids is 4. The molecule has 0 atom stereocenters. The summed E-state index contributed by atoms with van der Waals surface area (Å²) in [5, 5.41) is 15.6. The Morgan fingerprint density at radius 1 is 0.812 bits per heavy atom. The van der Waals surface area contributed by atoms with Crippen molar-refractivity contribution in [2.24, 2.45) is 0 Å². The van der Waals surface area contributed by atoms with Gasteiger partial charge in [-0.3, -0.25) is 0 Å². The number of carbonyl (C=O) groups is 4. The van der Waals surface area contributed by atoms with Gasteiger partial charge < -0.3 is 54.6 Å². The van der Waals surface area contributed by atoms with Crippen LogP contribution in [0.3, 0.4) is 0 Å². The van der Waals surface area contributed by atoms with Gasteiger partial charge in [0.25, 0.3) is 0 Å². The Hall–Kier alpha value is -1.28. The molecule has 0 aliphatic rings. The van der Waals surface area contributed by atoms with Crippen LogP contribution in [0.2, 0.25) is 0 Å². The lowest BCUT2D eigenvalue weighted by atomic mass is 10.4. The van der Waals surface area contributed by atoms with E-state index in [1.54, 1.807) is 0 Å². The molecule has 0 N–H and O–H groups in total. The molecule has 0 saturated heterocycles. The lowest BCUT2D eigenvalue weighted by molar-refractivity contribution is -0.299. The first-order valence-electron chi connectivity index (χ1n) is 4.05. The van der Waals surface area contributed by atoms with Crippen molar-refractivity contribution in [2.75, 3.05) is 0 Å². The fraction of sp³-hybridized carbons (Fsp3) is 0.500. The number of unbranched alkanes of at least 4 members (excludes halogenated alkanes) is 1. The van der Waals surface area contributed by atoms with E-state index in [1.165, 1.54) is 12.8 Å². The van der Waals surface area contributed by atoms with Gasteiger partial charge in [0, 0.05) is 0 Å². The second kappa shape index (κ2) is 13.7. The van der Waals surface area contributed by atoms with Crippen molar-refractivity contribution in [1.82, 2.24) is 0 Å². The Bertz CT molecular complexity index is 201. The first-order valence-corrected chi connectivity index (χ1v) is 4.86. The molecule has 0 heterocycles. The number of hydrogen-bond acceptors (Lipinski definition) is 8. The molecule has 16 heavy (non-hydrogen) atoms. The molecule has 0 aromatic rings. The van der Waals surface area contributed by atoms with Crippen LogP contribution in [-0.2, 0) is 44.4 Å². The van der Waals surface area contributed by atoms with Crippen LogP contribution < -0.4 is 10.2 Å². The summed E-state index contributed by atoms with van der Waals surface area (Å²) in [6.45, 7) is 4.36. The van der Waals surface area contributed by atoms with E-state index in [2.05, 4.69) is 39.1 Å². The zero-order chi connectivity index (χ0) is 13.7. The maximum absolute atomic E-state index is 9.30. The first kappa shape index (κ1) is 20.2. The Kier molecular flexibility index (Phi) is 17.3. The summed E-state index contributed by atoms with van der Waals surface area (Å²) in [4.78, 5) is 36.9. The second-order valence-electron chi connectivity index (χ2n) is 2.15. The fourth-order valence-corrected chi connectivity index (χ4v) is 0. The third-order valence-electron chi connectivity index (χ3n) is 0.833. The predicted molar refractivity (Wildman–Crippen MR) is 55.3 cm³/mol. The third-order valence-corrected chi connectivity index (χ3v) is 1.17. The van der Waals surface area contributed by atoms with E-state index in [1.807, 2.05) is 0 Å². The first-order chi connectivity index (χ1) is 7.20. The molecule has 0 rings (SSSR count). The van der Waals surface area contributed by atoms with E-state index in [0.717, 1.165) is 0 Å². The van der Waals surface area contributed by atoms with E-state index in [-0.39, 0.29) is 0 Å². The zero-order valence-corrected chi connectivity index (χ0v) is 10.3. The minimum Gasteiger partial charge on any atom is -0.736 e. The molecule has 0 aromatic carbocycles. The molecule has 8 heteroatoms. The summed E-state index contributed by atoms with van der Waals surface area (Å²) in [6.07, 6.45) is 2.64. The highest BCUT2D eigenvalue weighted by Gasteiger charge is 1.73. The van der Waals surface area contributed by atoms with E-state index in [9.17, 15) is 9.59 Å². The van der Waals surface area contributed by atoms with Crippen LogP contribution in [0.5, 0.6) is 0 Å². The highest BCUT2D eigenvalue weighted by atomic mass is 32.1. The minimum absolute atomic E-state index is 1.32. The van der Waals surface area contributed by atoms with Gasteiger partial charge in [0.15, 0.2) is 0 Å². The van der Waals surface area contributed by atoms with Gasteiger partial charge in [-0.05, 0) is 0 Å². The average Bonchev–Trinajstić information content (AvgIpc) is 2.18. The Morgan fingerprint density at radius 3 is 0.938 bits per heavy atom. The third kappa shape index (κ3) is 29.3. The summed E-state index contributed by atoms with van der Waals surface area (Å²) in [5.74, 6) is -3.63. The molecular formula is C8H10O6S2-4. The van der Waals surface area contributed by atoms with E-state index < -0.39 is 22.2 Å². The van der Waals surface area contributed by atoms with Crippen LogP contribution in [-0.4, -0.2) is 22.2 Å². The van der Waals surface area contributed by atoms with E-state index in [4.69, 9.17) is 19.8 Å². The van der Waals surface area contributed by atoms with Crippen LogP contribution in [0.4, 0.5) is 0 Å². The van der Waals surface area contributed by atoms with Crippen LogP contribution in [0, 0.1) is 0 Å². The molecular weight excluding hydrogens is 256 g/mol. The highest BCUT2D eigenvalue weighted by Crippen LogP contribution is 1.76. The van der Waals surface area contributed by atoms with Crippen molar-refractivity contribution >= 4 is 47.4 Å². The average molecular weight is 266 g/mol. The Morgan fingerprint density at radius 2 is 0.938 bits per heavy atom. The Balaban J connectivity index is -0.000000162. The minimum atomic E-state index is -1.81. The number of aliphatic carboxylic acids is 2. The summed E-state index contributed by atoms with van der Waals surface area (Å²) >= 11 is 7.20. The number of rotatable bonds is 3. The maximum atomic E-state index is 9.30. The van der Waals surface area contributed by atoms with Crippen molar-refractivity contribution in [3.05, 3.63) is 0 Å². The molecule has 0 aliphatic heterocycles. The van der Waals surface area contributed by atoms with Crippen LogP contribution in [0.1, 0.15) is 26.7 Å². The number of carboxylic acid groups (broad SMARTS) is 2. The van der Waals surface area contributed by atoms with Crippen LogP contribution >= 0.6 is 0 Å². The summed E-state index contributed by atoms with van der Waals surface area (Å²) < 4.78 is 0. The largest absolute Gasteiger partial charge is 0.736 e. The molecule has 0 amide bonds. The van der Waals surface area contributed by atoms with Crippen molar-refractivity contribution < 1.29 is 29.4 Å². The van der Waals surface area contributed by atoms with Gasteiger partial charge in [0.2, 0.25) is 0 Å². The monoisotopic (exact) mass is 266 g/mol. The fourth-order valence-electron chi connectivity index (χ4n) is 0. The smallest absolute Gasteiger partial charge is 0.0842 e. The van der Waals surface area contributed by atoms with Gasteiger partial charge in [0.1, 0.15) is 0 Å². The van der Waals surface area contributed by atoms with Gasteiger partial charge >= 0.3 is 0 Å². The predicted octanol–water partition coefficient (Wildman–Crippen LogP) is -2.57. The lowest BCUT2D eigenvalue weighted by Crippen LogP contribution is -2.29. The zero-order valence-electron chi connectivity index (χ0n) is 8.68.